The highest BCUT2D eigenvalue weighted by Gasteiger charge is 2.19. The second kappa shape index (κ2) is 40.2. The number of carboxylic acid groups (broad SMARTS) is 1. The summed E-state index contributed by atoms with van der Waals surface area (Å²) in [6.45, 7) is 9.69. The smallest absolute Gasteiger partial charge is 0.335 e. The summed E-state index contributed by atoms with van der Waals surface area (Å²) in [4.78, 5) is 89.8. The maximum absolute atomic E-state index is 12.8. The van der Waals surface area contributed by atoms with E-state index in [2.05, 4.69) is 41.2 Å². The molecule has 0 radical (unpaired) electrons. The van der Waals surface area contributed by atoms with E-state index in [-0.39, 0.29) is 48.4 Å². The molecule has 10 aromatic carbocycles. The van der Waals surface area contributed by atoms with Gasteiger partial charge in [0.15, 0.2) is 17.3 Å². The molecule has 4 amide bonds. The Hall–Kier alpha value is -14.4. The Morgan fingerprint density at radius 3 is 1.35 bits per heavy atom. The van der Waals surface area contributed by atoms with Gasteiger partial charge in [-0.15, -0.1) is 0 Å². The van der Waals surface area contributed by atoms with Crippen LogP contribution in [0.25, 0.3) is 33.4 Å². The van der Waals surface area contributed by atoms with Crippen molar-refractivity contribution in [1.29, 1.82) is 0 Å². The van der Waals surface area contributed by atoms with Gasteiger partial charge in [-0.3, -0.25) is 24.0 Å². The lowest BCUT2D eigenvalue weighted by atomic mass is 9.94. The van der Waals surface area contributed by atoms with Gasteiger partial charge in [-0.1, -0.05) is 160 Å². The fraction of sp³-hybridized carbons (Fsp3) is 0.111. The van der Waals surface area contributed by atoms with E-state index in [1.807, 2.05) is 217 Å². The van der Waals surface area contributed by atoms with Crippen LogP contribution in [0.5, 0.6) is 17.2 Å². The number of aromatic carboxylic acids is 1. The molecule has 0 aliphatic rings. The number of nitrogens with zero attached hydrogens (tertiary/aromatic N) is 4. The Labute approximate surface area is 640 Å². The first-order valence-corrected chi connectivity index (χ1v) is 34.7. The average Bonchev–Trinajstić information content (AvgIpc) is 0.800. The Morgan fingerprint density at radius 1 is 0.409 bits per heavy atom. The Balaban J connectivity index is 0.000000185. The topological polar surface area (TPSA) is 302 Å². The van der Waals surface area contributed by atoms with Gasteiger partial charge in [0.2, 0.25) is 5.95 Å². The predicted molar refractivity (Wildman–Crippen MR) is 438 cm³/mol. The normalized spacial score (nSPS) is 10.1. The molecule has 0 bridgehead atoms. The summed E-state index contributed by atoms with van der Waals surface area (Å²) < 4.78 is 16.4. The summed E-state index contributed by atoms with van der Waals surface area (Å²) in [5.41, 5.74) is 26.5. The molecule has 3 aromatic heterocycles. The molecule has 556 valence electrons. The molecular formula is C90H86N10O10. The molecule has 0 atom stereocenters. The van der Waals surface area contributed by atoms with Crippen molar-refractivity contribution in [3.63, 3.8) is 0 Å². The first kappa shape index (κ1) is 81.3. The van der Waals surface area contributed by atoms with Crippen LogP contribution in [-0.4, -0.2) is 81.8 Å². The van der Waals surface area contributed by atoms with Crippen molar-refractivity contribution in [2.45, 2.75) is 48.5 Å². The van der Waals surface area contributed by atoms with Gasteiger partial charge in [0.25, 0.3) is 23.6 Å². The van der Waals surface area contributed by atoms with E-state index in [1.165, 1.54) is 24.3 Å². The van der Waals surface area contributed by atoms with Crippen molar-refractivity contribution in [3.05, 3.63) is 352 Å². The minimum atomic E-state index is -1.02. The van der Waals surface area contributed by atoms with Crippen molar-refractivity contribution in [2.75, 3.05) is 54.1 Å². The highest BCUT2D eigenvalue weighted by molar-refractivity contribution is 6.13. The number of ketones is 1. The van der Waals surface area contributed by atoms with Crippen molar-refractivity contribution < 1.29 is 48.1 Å². The van der Waals surface area contributed by atoms with Crippen LogP contribution in [0.15, 0.2) is 285 Å². The number of aryl methyl sites for hydroxylation is 3. The van der Waals surface area contributed by atoms with Gasteiger partial charge < -0.3 is 52.1 Å². The highest BCUT2D eigenvalue weighted by atomic mass is 16.5. The Bertz CT molecular complexity index is 5200. The van der Waals surface area contributed by atoms with Gasteiger partial charge in [0.1, 0.15) is 23.2 Å². The number of carbonyl (C=O) groups excluding carboxylic acids is 5. The third-order valence-electron chi connectivity index (χ3n) is 16.5. The quantitative estimate of drug-likeness (QED) is 0.0370. The lowest BCUT2D eigenvalue weighted by molar-refractivity contribution is 0.0695. The lowest BCUT2D eigenvalue weighted by Crippen LogP contribution is -2.15. The number of hydrogen-bond acceptors (Lipinski definition) is 15. The van der Waals surface area contributed by atoms with Crippen molar-refractivity contribution in [3.8, 4) is 50.6 Å². The predicted octanol–water partition coefficient (Wildman–Crippen LogP) is 18.6. The summed E-state index contributed by atoms with van der Waals surface area (Å²) in [5.74, 6) is 1.31. The highest BCUT2D eigenvalue weighted by Crippen LogP contribution is 2.41. The van der Waals surface area contributed by atoms with E-state index < -0.39 is 5.97 Å². The summed E-state index contributed by atoms with van der Waals surface area (Å²) in [7, 11) is 4.79. The second-order valence-corrected chi connectivity index (χ2v) is 24.2. The zero-order valence-electron chi connectivity index (χ0n) is 61.4. The molecule has 110 heavy (non-hydrogen) atoms. The van der Waals surface area contributed by atoms with Crippen LogP contribution in [0.4, 0.5) is 34.8 Å². The van der Waals surface area contributed by atoms with E-state index in [9.17, 15) is 28.8 Å². The minimum absolute atomic E-state index is 0. The molecule has 0 saturated heterocycles. The fourth-order valence-corrected chi connectivity index (χ4v) is 11.0. The molecule has 0 aliphatic heterocycles. The maximum atomic E-state index is 12.8. The first-order chi connectivity index (χ1) is 52.8. The molecule has 0 spiro atoms. The number of ether oxygens (including phenoxy) is 3. The lowest BCUT2D eigenvalue weighted by Gasteiger charge is -2.16. The van der Waals surface area contributed by atoms with E-state index in [4.69, 9.17) is 30.8 Å². The third-order valence-corrected chi connectivity index (χ3v) is 16.5. The van der Waals surface area contributed by atoms with Gasteiger partial charge in [-0.25, -0.2) is 19.7 Å². The fourth-order valence-electron chi connectivity index (χ4n) is 11.0. The Morgan fingerprint density at radius 2 is 0.855 bits per heavy atom. The van der Waals surface area contributed by atoms with Gasteiger partial charge >= 0.3 is 5.97 Å². The number of methoxy groups -OCH3 is 3. The largest absolute Gasteiger partial charge is 0.497 e. The number of hydrogen-bond donors (Lipinski definition) is 7. The number of nitrogen functional groups attached to an aromatic ring is 2. The molecule has 3 heterocycles. The minimum Gasteiger partial charge on any atom is -0.497 e. The summed E-state index contributed by atoms with van der Waals surface area (Å²) in [6, 6.07) is 84.2. The zero-order chi connectivity index (χ0) is 77.8. The van der Waals surface area contributed by atoms with Gasteiger partial charge in [-0.05, 0) is 200 Å². The number of rotatable bonds is 19. The molecule has 0 unspecified atom stereocenters. The van der Waals surface area contributed by atoms with Crippen molar-refractivity contribution >= 4 is 70.2 Å². The van der Waals surface area contributed by atoms with Gasteiger partial charge in [0, 0.05) is 79.9 Å². The number of aromatic nitrogens is 4. The van der Waals surface area contributed by atoms with E-state index >= 15 is 0 Å². The summed E-state index contributed by atoms with van der Waals surface area (Å²) in [6.07, 6.45) is 2.10. The molecule has 13 rings (SSSR count). The monoisotopic (exact) mass is 1470 g/mol. The van der Waals surface area contributed by atoms with Crippen molar-refractivity contribution in [1.82, 2.24) is 19.9 Å². The van der Waals surface area contributed by atoms with E-state index in [1.54, 1.807) is 100 Å². The molecule has 13 aromatic rings. The number of benzene rings is 10. The van der Waals surface area contributed by atoms with Gasteiger partial charge in [-0.2, -0.15) is 4.98 Å². The summed E-state index contributed by atoms with van der Waals surface area (Å²) >= 11 is 0. The molecule has 9 N–H and O–H groups in total. The molecule has 20 nitrogen and oxygen atoms in total. The molecule has 20 heteroatoms. The molecule has 0 aliphatic carbocycles. The number of amides is 4. The van der Waals surface area contributed by atoms with Gasteiger partial charge in [0.05, 0.1) is 26.9 Å². The SMILES string of the molecule is C.CC.COc1cc(Cc2cnc(N)nc2N)cc(-c2cccc(NC(=O)c3ccc(C)cc3)c2)c1OC.COc1ccc(C(=O)c2ccccc2-c2ccccc2)cc1.Cc1cccc(NC(=O)c2ccc(C(=O)Nc3cccc(C)n3)cc2)n1.O=C(O)c1ccc(C(=O)Nc2cccc(-c3ccccc3)c2)cc1. The third kappa shape index (κ3) is 22.8. The number of anilines is 6. The van der Waals surface area contributed by atoms with Crippen molar-refractivity contribution in [2.24, 2.45) is 0 Å². The van der Waals surface area contributed by atoms with Crippen LogP contribution in [0.3, 0.4) is 0 Å². The Kier molecular flexibility index (Phi) is 29.7. The summed E-state index contributed by atoms with van der Waals surface area (Å²) in [5, 5.41) is 20.2. The number of pyridine rings is 2. The molecule has 0 saturated carbocycles. The second-order valence-electron chi connectivity index (χ2n) is 24.2. The number of nitrogens with one attached hydrogen (secondary N) is 4. The first-order valence-electron chi connectivity index (χ1n) is 34.7. The number of carbonyl (C=O) groups is 6. The van der Waals surface area contributed by atoms with Crippen LogP contribution in [-0.2, 0) is 6.42 Å². The standard InChI is InChI=1S/C27H27N5O3.C20H18N4O2.C20H15NO3.C20H16O2.C2H6.CH4/c1-16-7-9-18(10-8-16)26(33)31-21-6-4-5-19(14-21)22-12-17(13-23(34-2)24(22)35-3)11-20-15-30-27(29)32-25(20)28;1-13-5-3-7-17(21-13)23-19(25)15-9-11-16(12-10-15)20(26)24-18-8-4-6-14(2)22-18;22-19(15-9-11-16(12-10-15)20(23)24)21-18-8-4-7-17(13-18)14-5-2-1-3-6-14;1-22-17-13-11-16(12-14-17)20(21)19-10-6-5-9-18(19)15-7-3-2-4-8-15;1-2;/h4-10,12-15H,11H2,1-3H3,(H,31,33)(H4,28,29,30,32);3-12H,1-2H3,(H,21,23,25)(H,22,24,26);1-13H,(H,21,22)(H,23,24);2-14H,1H3;1-2H3;1H4. The number of nitrogens with two attached hydrogens (primary N) is 2. The molecular weight excluding hydrogens is 1380 g/mol. The molecule has 0 fully saturated rings. The van der Waals surface area contributed by atoms with E-state index in [0.29, 0.717) is 80.1 Å². The van der Waals surface area contributed by atoms with Crippen LogP contribution >= 0.6 is 0 Å². The zero-order valence-corrected chi connectivity index (χ0v) is 61.4. The van der Waals surface area contributed by atoms with Crippen LogP contribution in [0.1, 0.15) is 117 Å². The average molecular weight is 1470 g/mol. The maximum Gasteiger partial charge on any atom is 0.335 e. The van der Waals surface area contributed by atoms with Crippen LogP contribution in [0, 0.1) is 20.8 Å². The van der Waals surface area contributed by atoms with E-state index in [0.717, 1.165) is 67.2 Å². The van der Waals surface area contributed by atoms with Crippen LogP contribution in [0.2, 0.25) is 0 Å². The van der Waals surface area contributed by atoms with Crippen LogP contribution < -0.4 is 46.9 Å². The number of carboxylic acids is 1.